The van der Waals surface area contributed by atoms with E-state index in [4.69, 9.17) is 11.6 Å². The lowest BCUT2D eigenvalue weighted by atomic mass is 10.1. The van der Waals surface area contributed by atoms with Crippen LogP contribution >= 0.6 is 11.6 Å². The Balaban J connectivity index is 2.31. The summed E-state index contributed by atoms with van der Waals surface area (Å²) in [5.74, 6) is 0. The maximum absolute atomic E-state index is 5.89. The minimum Gasteiger partial charge on any atom is -0.320 e. The van der Waals surface area contributed by atoms with Gasteiger partial charge in [0.1, 0.15) is 0 Å². The van der Waals surface area contributed by atoms with Crippen molar-refractivity contribution in [3.05, 3.63) is 34.3 Å². The lowest BCUT2D eigenvalue weighted by Crippen LogP contribution is -2.19. The highest BCUT2D eigenvalue weighted by Gasteiger charge is 1.98. The van der Waals surface area contributed by atoms with Crippen molar-refractivity contribution in [2.45, 2.75) is 19.9 Å². The van der Waals surface area contributed by atoms with E-state index in [0.29, 0.717) is 0 Å². The second-order valence-electron chi connectivity index (χ2n) is 3.70. The van der Waals surface area contributed by atoms with Crippen molar-refractivity contribution >= 4 is 11.6 Å². The topological polar surface area (TPSA) is 24.1 Å². The van der Waals surface area contributed by atoms with Gasteiger partial charge in [0.05, 0.1) is 0 Å². The lowest BCUT2D eigenvalue weighted by molar-refractivity contribution is 0.624. The summed E-state index contributed by atoms with van der Waals surface area (Å²) >= 11 is 5.89. The second kappa shape index (κ2) is 6.83. The number of halogens is 1. The molecule has 0 heterocycles. The Morgan fingerprint density at radius 3 is 2.73 bits per heavy atom. The highest BCUT2D eigenvalue weighted by Crippen LogP contribution is 2.14. The first-order valence-corrected chi connectivity index (χ1v) is 5.72. The van der Waals surface area contributed by atoms with E-state index in [1.54, 1.807) is 0 Å². The van der Waals surface area contributed by atoms with E-state index in [-0.39, 0.29) is 0 Å². The molecule has 0 aliphatic heterocycles. The fourth-order valence-corrected chi connectivity index (χ4v) is 1.70. The Kier molecular flexibility index (Phi) is 5.69. The quantitative estimate of drug-likeness (QED) is 0.728. The van der Waals surface area contributed by atoms with Crippen molar-refractivity contribution in [3.63, 3.8) is 0 Å². The highest BCUT2D eigenvalue weighted by molar-refractivity contribution is 6.30. The molecule has 1 rings (SSSR count). The Labute approximate surface area is 97.0 Å². The van der Waals surface area contributed by atoms with Crippen molar-refractivity contribution in [1.29, 1.82) is 0 Å². The molecule has 2 N–H and O–H groups in total. The number of nitrogens with one attached hydrogen (secondary N) is 2. The molecule has 0 fully saturated rings. The van der Waals surface area contributed by atoms with Crippen LogP contribution < -0.4 is 10.6 Å². The van der Waals surface area contributed by atoms with Gasteiger partial charge in [-0.15, -0.1) is 0 Å². The average molecular weight is 227 g/mol. The SMILES string of the molecule is CNCCCNCc1ccc(Cl)cc1C. The van der Waals surface area contributed by atoms with Gasteiger partial charge in [0.15, 0.2) is 0 Å². The molecule has 0 saturated carbocycles. The molecule has 0 bridgehead atoms. The summed E-state index contributed by atoms with van der Waals surface area (Å²) in [6.45, 7) is 5.12. The molecule has 0 aliphatic rings. The van der Waals surface area contributed by atoms with Gasteiger partial charge in [-0.1, -0.05) is 17.7 Å². The Hall–Kier alpha value is -0.570. The number of rotatable bonds is 6. The molecule has 1 aromatic carbocycles. The van der Waals surface area contributed by atoms with Crippen LogP contribution in [-0.2, 0) is 6.54 Å². The Morgan fingerprint density at radius 2 is 2.07 bits per heavy atom. The van der Waals surface area contributed by atoms with Crippen LogP contribution in [0.4, 0.5) is 0 Å². The summed E-state index contributed by atoms with van der Waals surface area (Å²) in [5.41, 5.74) is 2.58. The molecule has 84 valence electrons. The van der Waals surface area contributed by atoms with Crippen LogP contribution in [0.15, 0.2) is 18.2 Å². The van der Waals surface area contributed by atoms with Gasteiger partial charge in [0.25, 0.3) is 0 Å². The largest absolute Gasteiger partial charge is 0.320 e. The maximum atomic E-state index is 5.89. The smallest absolute Gasteiger partial charge is 0.0408 e. The zero-order valence-corrected chi connectivity index (χ0v) is 10.2. The van der Waals surface area contributed by atoms with E-state index in [2.05, 4.69) is 23.6 Å². The normalized spacial score (nSPS) is 10.6. The van der Waals surface area contributed by atoms with Crippen LogP contribution in [0.25, 0.3) is 0 Å². The first-order chi connectivity index (χ1) is 7.24. The van der Waals surface area contributed by atoms with Crippen molar-refractivity contribution in [2.24, 2.45) is 0 Å². The van der Waals surface area contributed by atoms with Crippen LogP contribution in [-0.4, -0.2) is 20.1 Å². The van der Waals surface area contributed by atoms with Gasteiger partial charge in [-0.25, -0.2) is 0 Å². The van der Waals surface area contributed by atoms with Crippen LogP contribution in [0.2, 0.25) is 5.02 Å². The van der Waals surface area contributed by atoms with Gasteiger partial charge in [0.2, 0.25) is 0 Å². The van der Waals surface area contributed by atoms with Crippen LogP contribution in [0, 0.1) is 6.92 Å². The first-order valence-electron chi connectivity index (χ1n) is 5.34. The molecule has 0 unspecified atom stereocenters. The average Bonchev–Trinajstić information content (AvgIpc) is 2.20. The summed E-state index contributed by atoms with van der Waals surface area (Å²) < 4.78 is 0. The van der Waals surface area contributed by atoms with Gasteiger partial charge < -0.3 is 10.6 Å². The molecule has 15 heavy (non-hydrogen) atoms. The summed E-state index contributed by atoms with van der Waals surface area (Å²) in [5, 5.41) is 7.35. The third kappa shape index (κ3) is 4.65. The molecule has 0 atom stereocenters. The van der Waals surface area contributed by atoms with Gasteiger partial charge in [-0.05, 0) is 56.7 Å². The number of aryl methyl sites for hydroxylation is 1. The minimum absolute atomic E-state index is 0.812. The van der Waals surface area contributed by atoms with Gasteiger partial charge >= 0.3 is 0 Å². The summed E-state index contributed by atoms with van der Waals surface area (Å²) in [4.78, 5) is 0. The number of benzene rings is 1. The zero-order valence-electron chi connectivity index (χ0n) is 9.44. The molecule has 1 aromatic rings. The van der Waals surface area contributed by atoms with Crippen LogP contribution in [0.3, 0.4) is 0 Å². The van der Waals surface area contributed by atoms with Gasteiger partial charge in [-0.2, -0.15) is 0 Å². The van der Waals surface area contributed by atoms with Crippen LogP contribution in [0.5, 0.6) is 0 Å². The van der Waals surface area contributed by atoms with Crippen molar-refractivity contribution in [1.82, 2.24) is 10.6 Å². The fourth-order valence-electron chi connectivity index (χ4n) is 1.47. The molecule has 3 heteroatoms. The standard InChI is InChI=1S/C12H19ClN2/c1-10-8-12(13)5-4-11(10)9-15-7-3-6-14-2/h4-5,8,14-15H,3,6-7,9H2,1-2H3. The van der Waals surface area contributed by atoms with E-state index < -0.39 is 0 Å². The van der Waals surface area contributed by atoms with E-state index in [0.717, 1.165) is 31.1 Å². The van der Waals surface area contributed by atoms with E-state index >= 15 is 0 Å². The van der Waals surface area contributed by atoms with Crippen molar-refractivity contribution in [3.8, 4) is 0 Å². The number of hydrogen-bond acceptors (Lipinski definition) is 2. The molecule has 0 spiro atoms. The van der Waals surface area contributed by atoms with E-state index in [9.17, 15) is 0 Å². The third-order valence-electron chi connectivity index (χ3n) is 2.40. The predicted molar refractivity (Wildman–Crippen MR) is 66.4 cm³/mol. The zero-order chi connectivity index (χ0) is 11.1. The highest BCUT2D eigenvalue weighted by atomic mass is 35.5. The maximum Gasteiger partial charge on any atom is 0.0408 e. The predicted octanol–water partition coefficient (Wildman–Crippen LogP) is 2.35. The van der Waals surface area contributed by atoms with E-state index in [1.807, 2.05) is 19.2 Å². The van der Waals surface area contributed by atoms with Crippen LogP contribution in [0.1, 0.15) is 17.5 Å². The Morgan fingerprint density at radius 1 is 1.27 bits per heavy atom. The molecule has 0 aromatic heterocycles. The molecule has 0 saturated heterocycles. The molecule has 0 radical (unpaired) electrons. The van der Waals surface area contributed by atoms with Crippen molar-refractivity contribution in [2.75, 3.05) is 20.1 Å². The van der Waals surface area contributed by atoms with Gasteiger partial charge in [0, 0.05) is 11.6 Å². The number of hydrogen-bond donors (Lipinski definition) is 2. The summed E-state index contributed by atoms with van der Waals surface area (Å²) in [7, 11) is 1.98. The molecule has 2 nitrogen and oxygen atoms in total. The van der Waals surface area contributed by atoms with Crippen molar-refractivity contribution < 1.29 is 0 Å². The second-order valence-corrected chi connectivity index (χ2v) is 4.14. The summed E-state index contributed by atoms with van der Waals surface area (Å²) in [6.07, 6.45) is 1.16. The Bertz CT molecular complexity index is 300. The molecule has 0 aliphatic carbocycles. The van der Waals surface area contributed by atoms with E-state index in [1.165, 1.54) is 11.1 Å². The molecular weight excluding hydrogens is 208 g/mol. The fraction of sp³-hybridized carbons (Fsp3) is 0.500. The monoisotopic (exact) mass is 226 g/mol. The first kappa shape index (κ1) is 12.5. The lowest BCUT2D eigenvalue weighted by Gasteiger charge is -2.08. The third-order valence-corrected chi connectivity index (χ3v) is 2.64. The molecular formula is C12H19ClN2. The summed E-state index contributed by atoms with van der Waals surface area (Å²) in [6, 6.07) is 6.04. The minimum atomic E-state index is 0.812. The molecule has 0 amide bonds. The van der Waals surface area contributed by atoms with Gasteiger partial charge in [-0.3, -0.25) is 0 Å².